The van der Waals surface area contributed by atoms with Crippen molar-refractivity contribution < 1.29 is 4.42 Å². The molecule has 1 atom stereocenters. The summed E-state index contributed by atoms with van der Waals surface area (Å²) in [6.45, 7) is 2.47. The van der Waals surface area contributed by atoms with E-state index in [2.05, 4.69) is 0 Å². The summed E-state index contributed by atoms with van der Waals surface area (Å²) >= 11 is 6.18. The summed E-state index contributed by atoms with van der Waals surface area (Å²) < 4.78 is 6.85. The maximum atomic E-state index is 11.7. The Morgan fingerprint density at radius 2 is 2.05 bits per heavy atom. The number of benzene rings is 2. The van der Waals surface area contributed by atoms with Gasteiger partial charge in [0.25, 0.3) is 0 Å². The number of fused-ring (bicyclic) bond motifs is 1. The summed E-state index contributed by atoms with van der Waals surface area (Å²) in [5.41, 5.74) is 9.29. The lowest BCUT2D eigenvalue weighted by Crippen LogP contribution is -2.13. The van der Waals surface area contributed by atoms with E-state index in [0.717, 1.165) is 16.6 Å². The molecule has 2 aromatic carbocycles. The van der Waals surface area contributed by atoms with Gasteiger partial charge in [0.05, 0.1) is 11.6 Å². The lowest BCUT2D eigenvalue weighted by molar-refractivity contribution is 0.513. The van der Waals surface area contributed by atoms with Crippen molar-refractivity contribution in [2.45, 2.75) is 19.5 Å². The quantitative estimate of drug-likeness (QED) is 0.807. The zero-order chi connectivity index (χ0) is 15.0. The van der Waals surface area contributed by atoms with Crippen LogP contribution in [0.3, 0.4) is 0 Å². The third-order valence-electron chi connectivity index (χ3n) is 3.61. The number of nitrogens with zero attached hydrogens (tertiary/aromatic N) is 1. The van der Waals surface area contributed by atoms with E-state index in [9.17, 15) is 4.79 Å². The van der Waals surface area contributed by atoms with Crippen molar-refractivity contribution in [2.75, 3.05) is 0 Å². The van der Waals surface area contributed by atoms with Crippen molar-refractivity contribution in [3.05, 3.63) is 69.2 Å². The normalized spacial score (nSPS) is 12.7. The van der Waals surface area contributed by atoms with Crippen LogP contribution in [-0.2, 0) is 6.54 Å². The van der Waals surface area contributed by atoms with E-state index < -0.39 is 0 Å². The fraction of sp³-hybridized carbons (Fsp3) is 0.188. The van der Waals surface area contributed by atoms with Crippen LogP contribution in [0.1, 0.15) is 24.1 Å². The van der Waals surface area contributed by atoms with Crippen LogP contribution >= 0.6 is 11.6 Å². The van der Waals surface area contributed by atoms with E-state index in [-0.39, 0.29) is 11.8 Å². The molecule has 0 saturated carbocycles. The van der Waals surface area contributed by atoms with Gasteiger partial charge in [-0.1, -0.05) is 35.9 Å². The maximum absolute atomic E-state index is 11.7. The molecule has 0 saturated heterocycles. The molecule has 0 aliphatic heterocycles. The number of aromatic nitrogens is 1. The second kappa shape index (κ2) is 5.39. The van der Waals surface area contributed by atoms with Crippen LogP contribution in [0.15, 0.2) is 51.7 Å². The first kappa shape index (κ1) is 13.9. The molecule has 0 spiro atoms. The number of rotatable bonds is 3. The highest BCUT2D eigenvalue weighted by atomic mass is 35.5. The molecule has 0 bridgehead atoms. The standard InChI is InChI=1S/C16H15ClN2O2/c1-2-19-13-8-7-10(9-14(13)21-16(19)20)15(18)11-5-3-4-6-12(11)17/h3-9,15H,2,18H2,1H3. The maximum Gasteiger partial charge on any atom is 0.419 e. The van der Waals surface area contributed by atoms with Gasteiger partial charge in [0.15, 0.2) is 5.58 Å². The Morgan fingerprint density at radius 3 is 2.76 bits per heavy atom. The molecular weight excluding hydrogens is 288 g/mol. The second-order valence-corrected chi connectivity index (χ2v) is 5.25. The molecular formula is C16H15ClN2O2. The second-order valence-electron chi connectivity index (χ2n) is 4.84. The Labute approximate surface area is 126 Å². The number of hydrogen-bond donors (Lipinski definition) is 1. The van der Waals surface area contributed by atoms with E-state index in [1.165, 1.54) is 0 Å². The number of halogens is 1. The van der Waals surface area contributed by atoms with Crippen molar-refractivity contribution in [2.24, 2.45) is 5.73 Å². The molecule has 0 aliphatic rings. The fourth-order valence-electron chi connectivity index (χ4n) is 2.48. The largest absolute Gasteiger partial charge is 0.419 e. The minimum absolute atomic E-state index is 0.351. The lowest BCUT2D eigenvalue weighted by atomic mass is 9.99. The van der Waals surface area contributed by atoms with Crippen LogP contribution in [0.25, 0.3) is 11.1 Å². The van der Waals surface area contributed by atoms with Crippen LogP contribution < -0.4 is 11.5 Å². The van der Waals surface area contributed by atoms with Gasteiger partial charge in [0.2, 0.25) is 0 Å². The molecule has 0 aliphatic carbocycles. The molecule has 4 nitrogen and oxygen atoms in total. The van der Waals surface area contributed by atoms with Gasteiger partial charge >= 0.3 is 5.76 Å². The third kappa shape index (κ3) is 2.37. The van der Waals surface area contributed by atoms with Crippen molar-refractivity contribution in [1.82, 2.24) is 4.57 Å². The first-order valence-corrected chi connectivity index (χ1v) is 7.13. The number of hydrogen-bond acceptors (Lipinski definition) is 3. The van der Waals surface area contributed by atoms with Crippen molar-refractivity contribution >= 4 is 22.7 Å². The first-order valence-electron chi connectivity index (χ1n) is 6.75. The molecule has 21 heavy (non-hydrogen) atoms. The van der Waals surface area contributed by atoms with Crippen LogP contribution in [0.2, 0.25) is 5.02 Å². The Bertz CT molecular complexity index is 851. The predicted molar refractivity (Wildman–Crippen MR) is 83.6 cm³/mol. The van der Waals surface area contributed by atoms with Crippen LogP contribution in [0, 0.1) is 0 Å². The zero-order valence-corrected chi connectivity index (χ0v) is 12.3. The Kier molecular flexibility index (Phi) is 3.57. The summed E-state index contributed by atoms with van der Waals surface area (Å²) in [6.07, 6.45) is 0. The van der Waals surface area contributed by atoms with Gasteiger partial charge < -0.3 is 10.2 Å². The van der Waals surface area contributed by atoms with Gasteiger partial charge in [0, 0.05) is 11.6 Å². The smallest absolute Gasteiger partial charge is 0.408 e. The summed E-state index contributed by atoms with van der Waals surface area (Å²) in [5.74, 6) is -0.351. The number of oxazole rings is 1. The van der Waals surface area contributed by atoms with Crippen LogP contribution in [-0.4, -0.2) is 4.57 Å². The van der Waals surface area contributed by atoms with Gasteiger partial charge in [-0.15, -0.1) is 0 Å². The molecule has 5 heteroatoms. The Balaban J connectivity index is 2.09. The Morgan fingerprint density at radius 1 is 1.29 bits per heavy atom. The van der Waals surface area contributed by atoms with Crippen LogP contribution in [0.4, 0.5) is 0 Å². The average Bonchev–Trinajstić information content (AvgIpc) is 2.81. The van der Waals surface area contributed by atoms with Gasteiger partial charge in [-0.25, -0.2) is 4.79 Å². The highest BCUT2D eigenvalue weighted by molar-refractivity contribution is 6.31. The molecule has 3 aromatic rings. The van der Waals surface area contributed by atoms with Crippen molar-refractivity contribution in [3.8, 4) is 0 Å². The highest BCUT2D eigenvalue weighted by Crippen LogP contribution is 2.28. The summed E-state index contributed by atoms with van der Waals surface area (Å²) in [6, 6.07) is 12.7. The molecule has 108 valence electrons. The van der Waals surface area contributed by atoms with E-state index in [1.54, 1.807) is 10.6 Å². The predicted octanol–water partition coefficient (Wildman–Crippen LogP) is 3.32. The molecule has 3 rings (SSSR count). The summed E-state index contributed by atoms with van der Waals surface area (Å²) in [7, 11) is 0. The molecule has 1 aromatic heterocycles. The number of aryl methyl sites for hydroxylation is 1. The molecule has 0 fully saturated rings. The summed E-state index contributed by atoms with van der Waals surface area (Å²) in [5, 5.41) is 0.623. The monoisotopic (exact) mass is 302 g/mol. The first-order chi connectivity index (χ1) is 10.1. The molecule has 1 unspecified atom stereocenters. The van der Waals surface area contributed by atoms with E-state index in [0.29, 0.717) is 17.2 Å². The topological polar surface area (TPSA) is 61.2 Å². The molecule has 2 N–H and O–H groups in total. The molecule has 1 heterocycles. The minimum atomic E-state index is -0.363. The highest BCUT2D eigenvalue weighted by Gasteiger charge is 2.15. The molecule has 0 radical (unpaired) electrons. The van der Waals surface area contributed by atoms with Gasteiger partial charge in [-0.3, -0.25) is 4.57 Å². The third-order valence-corrected chi connectivity index (χ3v) is 3.95. The van der Waals surface area contributed by atoms with Gasteiger partial charge in [-0.2, -0.15) is 0 Å². The van der Waals surface area contributed by atoms with Gasteiger partial charge in [-0.05, 0) is 36.2 Å². The zero-order valence-electron chi connectivity index (χ0n) is 11.5. The number of nitrogens with two attached hydrogens (primary N) is 1. The van der Waals surface area contributed by atoms with Crippen molar-refractivity contribution in [3.63, 3.8) is 0 Å². The fourth-order valence-corrected chi connectivity index (χ4v) is 2.74. The van der Waals surface area contributed by atoms with Crippen molar-refractivity contribution in [1.29, 1.82) is 0 Å². The van der Waals surface area contributed by atoms with E-state index in [4.69, 9.17) is 21.8 Å². The van der Waals surface area contributed by atoms with E-state index in [1.807, 2.05) is 43.3 Å². The lowest BCUT2D eigenvalue weighted by Gasteiger charge is -2.14. The van der Waals surface area contributed by atoms with Gasteiger partial charge in [0.1, 0.15) is 0 Å². The Hall–Kier alpha value is -2.04. The average molecular weight is 303 g/mol. The summed E-state index contributed by atoms with van der Waals surface area (Å²) in [4.78, 5) is 11.7. The minimum Gasteiger partial charge on any atom is -0.408 e. The SMILES string of the molecule is CCn1c(=O)oc2cc(C(N)c3ccccc3Cl)ccc21. The van der Waals surface area contributed by atoms with Crippen LogP contribution in [0.5, 0.6) is 0 Å². The van der Waals surface area contributed by atoms with E-state index >= 15 is 0 Å². The molecule has 0 amide bonds.